The number of rotatable bonds is 2. The second kappa shape index (κ2) is 5.35. The molecular weight excluding hydrogens is 292 g/mol. The number of aromatic nitrogens is 1. The number of alkyl halides is 1. The first-order valence-electron chi connectivity index (χ1n) is 6.36. The highest BCUT2D eigenvalue weighted by atomic mass is 32.1. The number of fused-ring (bicyclic) bond motifs is 1. The summed E-state index contributed by atoms with van der Waals surface area (Å²) in [5.41, 5.74) is 0.538. The summed E-state index contributed by atoms with van der Waals surface area (Å²) in [4.78, 5) is 8.29. The van der Waals surface area contributed by atoms with Gasteiger partial charge in [-0.3, -0.25) is 0 Å². The van der Waals surface area contributed by atoms with Gasteiger partial charge in [-0.1, -0.05) is 0 Å². The van der Waals surface area contributed by atoms with Gasteiger partial charge in [0.25, 0.3) is 0 Å². The lowest BCUT2D eigenvalue weighted by Gasteiger charge is -2.31. The number of allylic oxidation sites excluding steroid dienone is 2. The number of aliphatic imine (C=N–C) groups is 1. The first-order valence-corrected chi connectivity index (χ1v) is 7.24. The lowest BCUT2D eigenvalue weighted by atomic mass is 10.1. The fourth-order valence-electron chi connectivity index (χ4n) is 2.23. The summed E-state index contributed by atoms with van der Waals surface area (Å²) in [5, 5.41) is 2.13. The van der Waals surface area contributed by atoms with Gasteiger partial charge in [0, 0.05) is 18.4 Å². The Balaban J connectivity index is 1.89. The molecule has 1 aromatic heterocycles. The van der Waals surface area contributed by atoms with Crippen molar-refractivity contribution in [2.24, 2.45) is 4.99 Å². The molecule has 3 nitrogen and oxygen atoms in total. The van der Waals surface area contributed by atoms with E-state index >= 15 is 0 Å². The molecule has 2 aliphatic rings. The third-order valence-corrected chi connectivity index (χ3v) is 4.18. The van der Waals surface area contributed by atoms with Crippen LogP contribution in [0.25, 0.3) is 0 Å². The van der Waals surface area contributed by atoms with Gasteiger partial charge in [0.05, 0.1) is 6.20 Å². The molecular formula is C15H12F2N3S+. The molecule has 0 N–H and O–H groups in total. The van der Waals surface area contributed by atoms with E-state index in [-0.39, 0.29) is 16.4 Å². The van der Waals surface area contributed by atoms with Gasteiger partial charge in [-0.2, -0.15) is 4.99 Å². The number of halogens is 2. The van der Waals surface area contributed by atoms with Crippen LogP contribution < -0.4 is 0 Å². The topological polar surface area (TPSA) is 25.2 Å². The molecule has 0 bridgehead atoms. The van der Waals surface area contributed by atoms with Crippen LogP contribution in [0.4, 0.5) is 8.78 Å². The molecule has 6 heteroatoms. The van der Waals surface area contributed by atoms with E-state index in [1.54, 1.807) is 23.9 Å². The van der Waals surface area contributed by atoms with Crippen LogP contribution in [0, 0.1) is 11.8 Å². The zero-order chi connectivity index (χ0) is 14.9. The molecule has 0 aromatic carbocycles. The summed E-state index contributed by atoms with van der Waals surface area (Å²) in [6.45, 7) is 1.31. The van der Waals surface area contributed by atoms with Crippen molar-refractivity contribution in [3.8, 4) is 11.8 Å². The van der Waals surface area contributed by atoms with Gasteiger partial charge in [0.15, 0.2) is 11.9 Å². The summed E-state index contributed by atoms with van der Waals surface area (Å²) in [7, 11) is 0. The van der Waals surface area contributed by atoms with E-state index in [2.05, 4.69) is 21.8 Å². The van der Waals surface area contributed by atoms with E-state index < -0.39 is 6.67 Å². The van der Waals surface area contributed by atoms with Gasteiger partial charge >= 0.3 is 0 Å². The van der Waals surface area contributed by atoms with Crippen LogP contribution in [-0.4, -0.2) is 21.3 Å². The van der Waals surface area contributed by atoms with Gasteiger partial charge in [0.2, 0.25) is 5.84 Å². The van der Waals surface area contributed by atoms with Crippen LogP contribution in [0.1, 0.15) is 17.6 Å². The number of hydrogen-bond donors (Lipinski definition) is 0. The van der Waals surface area contributed by atoms with Crippen LogP contribution in [0.15, 0.2) is 47.0 Å². The van der Waals surface area contributed by atoms with Crippen LogP contribution in [-0.2, 0) is 6.67 Å². The largest absolute Gasteiger partial charge is 0.243 e. The Bertz CT molecular complexity index is 748. The quantitative estimate of drug-likeness (QED) is 0.607. The highest BCUT2D eigenvalue weighted by Crippen LogP contribution is 2.29. The first kappa shape index (κ1) is 13.9. The number of hydrogen-bond acceptors (Lipinski definition) is 3. The minimum atomic E-state index is -0.583. The van der Waals surface area contributed by atoms with Crippen LogP contribution >= 0.6 is 11.3 Å². The summed E-state index contributed by atoms with van der Waals surface area (Å²) < 4.78 is 26.2. The maximum atomic E-state index is 13.6. The highest BCUT2D eigenvalue weighted by molar-refractivity contribution is 7.09. The molecule has 0 spiro atoms. The van der Waals surface area contributed by atoms with E-state index in [0.717, 1.165) is 5.84 Å². The second-order valence-corrected chi connectivity index (χ2v) is 5.62. The normalized spacial score (nSPS) is 24.0. The van der Waals surface area contributed by atoms with Crippen molar-refractivity contribution in [3.05, 3.63) is 52.7 Å². The van der Waals surface area contributed by atoms with Gasteiger partial charge in [-0.15, -0.1) is 11.3 Å². The van der Waals surface area contributed by atoms with Crippen molar-refractivity contribution in [2.75, 3.05) is 0 Å². The summed E-state index contributed by atoms with van der Waals surface area (Å²) >= 11 is 1.24. The molecule has 3 heterocycles. The Morgan fingerprint density at radius 2 is 2.29 bits per heavy atom. The van der Waals surface area contributed by atoms with Crippen molar-refractivity contribution in [1.82, 2.24) is 4.98 Å². The van der Waals surface area contributed by atoms with Crippen molar-refractivity contribution in [1.29, 1.82) is 0 Å². The maximum absolute atomic E-state index is 13.6. The molecule has 0 radical (unpaired) electrons. The van der Waals surface area contributed by atoms with E-state index in [0.29, 0.717) is 10.7 Å². The van der Waals surface area contributed by atoms with Crippen molar-refractivity contribution in [2.45, 2.75) is 19.6 Å². The fraction of sp³-hybridized carbons (Fsp3) is 0.200. The Morgan fingerprint density at radius 3 is 3.05 bits per heavy atom. The predicted octanol–water partition coefficient (Wildman–Crippen LogP) is 3.43. The third-order valence-electron chi connectivity index (χ3n) is 3.36. The summed E-state index contributed by atoms with van der Waals surface area (Å²) in [6.07, 6.45) is 7.96. The Morgan fingerprint density at radius 1 is 1.43 bits per heavy atom. The smallest absolute Gasteiger partial charge is 0.238 e. The predicted molar refractivity (Wildman–Crippen MR) is 78.4 cm³/mol. The van der Waals surface area contributed by atoms with Crippen LogP contribution in [0.2, 0.25) is 0 Å². The molecule has 0 amide bonds. The van der Waals surface area contributed by atoms with E-state index in [1.807, 2.05) is 6.92 Å². The Hall–Kier alpha value is -2.10. The zero-order valence-corrected chi connectivity index (χ0v) is 12.1. The Labute approximate surface area is 125 Å². The Kier molecular flexibility index (Phi) is 3.53. The fourth-order valence-corrected chi connectivity index (χ4v) is 2.81. The van der Waals surface area contributed by atoms with E-state index in [9.17, 15) is 8.78 Å². The second-order valence-electron chi connectivity index (χ2n) is 4.67. The molecule has 0 saturated heterocycles. The number of nitrogens with zero attached hydrogens (tertiary/aromatic N) is 3. The van der Waals surface area contributed by atoms with Gasteiger partial charge < -0.3 is 0 Å². The average Bonchev–Trinajstić information content (AvgIpc) is 3.11. The summed E-state index contributed by atoms with van der Waals surface area (Å²) in [6, 6.07) is -0.228. The van der Waals surface area contributed by atoms with E-state index in [4.69, 9.17) is 0 Å². The number of quaternary nitrogens is 1. The van der Waals surface area contributed by atoms with Crippen molar-refractivity contribution < 1.29 is 13.3 Å². The number of amidine groups is 1. The first-order chi connectivity index (χ1) is 10.1. The molecule has 3 rings (SSSR count). The molecule has 2 aliphatic heterocycles. The lowest BCUT2D eigenvalue weighted by Crippen LogP contribution is -2.48. The average molecular weight is 304 g/mol. The van der Waals surface area contributed by atoms with Crippen LogP contribution in [0.5, 0.6) is 0 Å². The van der Waals surface area contributed by atoms with Gasteiger partial charge in [-0.05, 0) is 17.9 Å². The highest BCUT2D eigenvalue weighted by Gasteiger charge is 2.40. The third kappa shape index (κ3) is 2.46. The molecule has 0 aliphatic carbocycles. The van der Waals surface area contributed by atoms with Crippen molar-refractivity contribution >= 4 is 17.2 Å². The maximum Gasteiger partial charge on any atom is 0.238 e. The molecule has 2 atom stereocenters. The zero-order valence-electron chi connectivity index (χ0n) is 11.3. The minimum absolute atomic E-state index is 0.134. The van der Waals surface area contributed by atoms with Gasteiger partial charge in [-0.25, -0.2) is 18.2 Å². The molecule has 0 fully saturated rings. The molecule has 106 valence electrons. The molecule has 1 aromatic rings. The number of thiazole rings is 1. The van der Waals surface area contributed by atoms with Gasteiger partial charge in [0.1, 0.15) is 29.8 Å². The van der Waals surface area contributed by atoms with Crippen molar-refractivity contribution in [3.63, 3.8) is 0 Å². The monoisotopic (exact) mass is 304 g/mol. The van der Waals surface area contributed by atoms with E-state index in [1.165, 1.54) is 23.6 Å². The molecule has 2 unspecified atom stereocenters. The minimum Gasteiger partial charge on any atom is -0.243 e. The summed E-state index contributed by atoms with van der Waals surface area (Å²) in [5.74, 6) is 6.38. The van der Waals surface area contributed by atoms with Crippen LogP contribution in [0.3, 0.4) is 0 Å². The molecule has 21 heavy (non-hydrogen) atoms. The SMILES string of the molecule is CC(C#Cc1csc(CF)n1)[N+]12C=CN=C1C=CC(F)=C2. The lowest BCUT2D eigenvalue weighted by molar-refractivity contribution is -0.747. The standard InChI is InChI=1S/C15H12F2N3S/c1-11(2-4-13-10-21-15(8-16)19-13)20-7-6-18-14(20)5-3-12(17)9-20/h3,5-7,9-11H,8H2,1H3/q+1. The molecule has 0 saturated carbocycles.